The van der Waals surface area contributed by atoms with Crippen LogP contribution in [0.1, 0.15) is 68.0 Å². The van der Waals surface area contributed by atoms with Gasteiger partial charge in [0, 0.05) is 18.2 Å². The van der Waals surface area contributed by atoms with Crippen LogP contribution in [0.15, 0.2) is 66.7 Å². The van der Waals surface area contributed by atoms with Gasteiger partial charge in [0.15, 0.2) is 0 Å². The van der Waals surface area contributed by atoms with Crippen LogP contribution in [0.25, 0.3) is 0 Å². The number of amides is 3. The van der Waals surface area contributed by atoms with Crippen LogP contribution in [0, 0.1) is 26.7 Å². The minimum Gasteiger partial charge on any atom is -0.508 e. The molecule has 8 nitrogen and oxygen atoms in total. The predicted molar refractivity (Wildman–Crippen MR) is 168 cm³/mol. The first-order chi connectivity index (χ1) is 20.2. The normalized spacial score (nSPS) is 17.4. The number of aryl methyl sites for hydroxylation is 3. The number of carbonyl (C=O) groups excluding carboxylic acids is 3. The van der Waals surface area contributed by atoms with Crippen molar-refractivity contribution in [1.29, 1.82) is 0 Å². The van der Waals surface area contributed by atoms with Crippen LogP contribution in [0.3, 0.4) is 0 Å². The lowest BCUT2D eigenvalue weighted by atomic mass is 9.97. The third kappa shape index (κ3) is 8.15. The van der Waals surface area contributed by atoms with Gasteiger partial charge in [0.1, 0.15) is 23.4 Å². The van der Waals surface area contributed by atoms with Crippen molar-refractivity contribution >= 4 is 23.6 Å². The Morgan fingerprint density at radius 2 is 1.60 bits per heavy atom. The van der Waals surface area contributed by atoms with E-state index >= 15 is 0 Å². The van der Waals surface area contributed by atoms with E-state index in [4.69, 9.17) is 4.74 Å². The fraction of sp³-hybridized carbons (Fsp3) is 0.400. The molecule has 3 N–H and O–H groups in total. The maximum absolute atomic E-state index is 14.7. The second-order valence-electron chi connectivity index (χ2n) is 12.6. The Bertz CT molecular complexity index is 1480. The van der Waals surface area contributed by atoms with Gasteiger partial charge in [-0.15, -0.1) is 0 Å². The highest BCUT2D eigenvalue weighted by atomic mass is 16.6. The molecule has 3 aromatic carbocycles. The van der Waals surface area contributed by atoms with Gasteiger partial charge in [0.05, 0.1) is 0 Å². The SMILES string of the molecule is Cc1ccc(C(C(=O)Nc2ccccc2C)N(C(=O)C(Cc2ccc(O)cc2)NC(=O)OC(C)(C)C)C2CC2C)cc1C. The molecule has 1 aliphatic rings. The number of carbonyl (C=O) groups is 3. The molecule has 0 saturated heterocycles. The number of benzene rings is 3. The second kappa shape index (κ2) is 12.9. The average molecular weight is 586 g/mol. The van der Waals surface area contributed by atoms with E-state index < -0.39 is 23.8 Å². The van der Waals surface area contributed by atoms with Gasteiger partial charge in [-0.2, -0.15) is 0 Å². The summed E-state index contributed by atoms with van der Waals surface area (Å²) >= 11 is 0. The van der Waals surface area contributed by atoms with E-state index in [1.165, 1.54) is 0 Å². The summed E-state index contributed by atoms with van der Waals surface area (Å²) in [5.41, 5.74) is 4.34. The van der Waals surface area contributed by atoms with E-state index in [0.29, 0.717) is 11.3 Å². The first-order valence-corrected chi connectivity index (χ1v) is 14.8. The fourth-order valence-electron chi connectivity index (χ4n) is 5.16. The molecule has 4 atom stereocenters. The van der Waals surface area contributed by atoms with Gasteiger partial charge in [-0.05, 0) is 99.9 Å². The standard InChI is InChI=1S/C35H43N3O5/c1-21-12-15-26(18-23(21)3)31(32(40)36-28-11-9-8-10-22(28)2)38(30-19-24(30)4)33(41)29(37-34(42)43-35(5,6)7)20-25-13-16-27(39)17-14-25/h8-18,24,29-31,39H,19-20H2,1-7H3,(H,36,40)(H,37,42). The number of phenolic OH excluding ortho intramolecular Hbond substituents is 1. The quantitative estimate of drug-likeness (QED) is 0.271. The Kier molecular flexibility index (Phi) is 9.48. The van der Waals surface area contributed by atoms with Gasteiger partial charge in [0.2, 0.25) is 5.91 Å². The van der Waals surface area contributed by atoms with Gasteiger partial charge >= 0.3 is 6.09 Å². The zero-order valence-electron chi connectivity index (χ0n) is 26.1. The third-order valence-corrected chi connectivity index (χ3v) is 7.82. The Morgan fingerprint density at radius 1 is 0.953 bits per heavy atom. The summed E-state index contributed by atoms with van der Waals surface area (Å²) in [6.07, 6.45) is 0.165. The number of rotatable bonds is 9. The van der Waals surface area contributed by atoms with Crippen LogP contribution in [-0.4, -0.2) is 45.6 Å². The maximum Gasteiger partial charge on any atom is 0.408 e. The van der Waals surface area contributed by atoms with Crippen molar-refractivity contribution < 1.29 is 24.2 Å². The molecule has 0 radical (unpaired) electrons. The molecule has 228 valence electrons. The highest BCUT2D eigenvalue weighted by molar-refractivity contribution is 5.99. The van der Waals surface area contributed by atoms with Crippen LogP contribution in [0.5, 0.6) is 5.75 Å². The predicted octanol–water partition coefficient (Wildman–Crippen LogP) is 6.37. The van der Waals surface area contributed by atoms with Gasteiger partial charge in [-0.3, -0.25) is 9.59 Å². The summed E-state index contributed by atoms with van der Waals surface area (Å²) in [4.78, 5) is 43.5. The van der Waals surface area contributed by atoms with Gasteiger partial charge in [-0.25, -0.2) is 4.79 Å². The van der Waals surface area contributed by atoms with Crippen molar-refractivity contribution in [3.63, 3.8) is 0 Å². The second-order valence-corrected chi connectivity index (χ2v) is 12.6. The zero-order chi connectivity index (χ0) is 31.5. The van der Waals surface area contributed by atoms with Crippen molar-refractivity contribution in [2.75, 3.05) is 5.32 Å². The Labute approximate surface area is 254 Å². The van der Waals surface area contributed by atoms with Crippen LogP contribution >= 0.6 is 0 Å². The number of hydrogen-bond donors (Lipinski definition) is 3. The number of hydrogen-bond acceptors (Lipinski definition) is 5. The molecule has 0 spiro atoms. The van der Waals surface area contributed by atoms with E-state index in [-0.39, 0.29) is 35.9 Å². The number of phenols is 1. The van der Waals surface area contributed by atoms with Crippen molar-refractivity contribution in [3.8, 4) is 5.75 Å². The lowest BCUT2D eigenvalue weighted by molar-refractivity contribution is -0.141. The first-order valence-electron chi connectivity index (χ1n) is 14.8. The number of aromatic hydroxyl groups is 1. The summed E-state index contributed by atoms with van der Waals surface area (Å²) in [7, 11) is 0. The molecule has 0 bridgehead atoms. The molecule has 0 aliphatic heterocycles. The van der Waals surface area contributed by atoms with Crippen molar-refractivity contribution in [2.24, 2.45) is 5.92 Å². The number of anilines is 1. The molecule has 43 heavy (non-hydrogen) atoms. The van der Waals surface area contributed by atoms with E-state index in [1.54, 1.807) is 49.9 Å². The van der Waals surface area contributed by atoms with E-state index in [9.17, 15) is 19.5 Å². The lowest BCUT2D eigenvalue weighted by Gasteiger charge is -2.35. The van der Waals surface area contributed by atoms with Crippen molar-refractivity contribution in [2.45, 2.75) is 85.0 Å². The molecule has 8 heteroatoms. The smallest absolute Gasteiger partial charge is 0.408 e. The average Bonchev–Trinajstić information content (AvgIpc) is 3.65. The molecule has 0 aromatic heterocycles. The molecule has 3 amide bonds. The van der Waals surface area contributed by atoms with Gasteiger partial charge in [0.25, 0.3) is 5.91 Å². The number of nitrogens with zero attached hydrogens (tertiary/aromatic N) is 1. The highest BCUT2D eigenvalue weighted by Crippen LogP contribution is 2.41. The molecule has 0 heterocycles. The van der Waals surface area contributed by atoms with Crippen molar-refractivity contribution in [3.05, 3.63) is 94.5 Å². The van der Waals surface area contributed by atoms with Crippen LogP contribution in [0.2, 0.25) is 0 Å². The zero-order valence-corrected chi connectivity index (χ0v) is 26.1. The van der Waals surface area contributed by atoms with Crippen LogP contribution in [-0.2, 0) is 20.7 Å². The largest absolute Gasteiger partial charge is 0.508 e. The molecule has 4 unspecified atom stereocenters. The van der Waals surface area contributed by atoms with Gasteiger partial charge < -0.3 is 25.4 Å². The van der Waals surface area contributed by atoms with Crippen LogP contribution < -0.4 is 10.6 Å². The Morgan fingerprint density at radius 3 is 2.19 bits per heavy atom. The Hall–Kier alpha value is -4.33. The summed E-state index contributed by atoms with van der Waals surface area (Å²) in [6, 6.07) is 17.7. The molecule has 1 aliphatic carbocycles. The molecular weight excluding hydrogens is 542 g/mol. The maximum atomic E-state index is 14.7. The van der Waals surface area contributed by atoms with E-state index in [1.807, 2.05) is 63.2 Å². The summed E-state index contributed by atoms with van der Waals surface area (Å²) < 4.78 is 5.53. The Balaban J connectivity index is 1.77. The highest BCUT2D eigenvalue weighted by Gasteiger charge is 2.48. The summed E-state index contributed by atoms with van der Waals surface area (Å²) in [5.74, 6) is -0.426. The molecule has 4 rings (SSSR count). The summed E-state index contributed by atoms with van der Waals surface area (Å²) in [6.45, 7) is 13.2. The monoisotopic (exact) mass is 585 g/mol. The van der Waals surface area contributed by atoms with E-state index in [0.717, 1.165) is 28.7 Å². The molecule has 1 fully saturated rings. The van der Waals surface area contributed by atoms with Crippen molar-refractivity contribution in [1.82, 2.24) is 10.2 Å². The summed E-state index contributed by atoms with van der Waals surface area (Å²) in [5, 5.41) is 15.7. The minimum absolute atomic E-state index is 0.0999. The number of ether oxygens (including phenoxy) is 1. The lowest BCUT2D eigenvalue weighted by Crippen LogP contribution is -2.54. The topological polar surface area (TPSA) is 108 Å². The number of nitrogens with one attached hydrogen (secondary N) is 2. The fourth-order valence-corrected chi connectivity index (χ4v) is 5.16. The van der Waals surface area contributed by atoms with Gasteiger partial charge in [-0.1, -0.05) is 55.5 Å². The van der Waals surface area contributed by atoms with E-state index in [2.05, 4.69) is 17.6 Å². The number of para-hydroxylation sites is 1. The third-order valence-electron chi connectivity index (χ3n) is 7.82. The minimum atomic E-state index is -1.02. The first kappa shape index (κ1) is 31.6. The molecular formula is C35H43N3O5. The number of alkyl carbamates (subject to hydrolysis) is 1. The molecule has 3 aromatic rings. The molecule has 1 saturated carbocycles. The van der Waals surface area contributed by atoms with Crippen LogP contribution in [0.4, 0.5) is 10.5 Å².